The lowest BCUT2D eigenvalue weighted by atomic mass is 9.73. The molecule has 0 aliphatic rings. The normalized spacial score (nSPS) is 16.7. The predicted molar refractivity (Wildman–Crippen MR) is 54.6 cm³/mol. The molecule has 0 radical (unpaired) electrons. The average Bonchev–Trinajstić information content (AvgIpc) is 2.48. The van der Waals surface area contributed by atoms with Crippen molar-refractivity contribution in [3.05, 3.63) is 11.9 Å². The van der Waals surface area contributed by atoms with E-state index in [9.17, 15) is 5.11 Å². The van der Waals surface area contributed by atoms with Gasteiger partial charge in [0.05, 0.1) is 11.9 Å². The number of nitrogens with zero attached hydrogens (tertiary/aromatic N) is 3. The van der Waals surface area contributed by atoms with Crippen LogP contribution in [0.3, 0.4) is 0 Å². The van der Waals surface area contributed by atoms with E-state index >= 15 is 0 Å². The number of rotatable bonds is 2. The molecule has 1 rings (SSSR count). The molecule has 0 spiro atoms. The maximum atomic E-state index is 10.6. The van der Waals surface area contributed by atoms with Gasteiger partial charge < -0.3 is 5.11 Å². The fourth-order valence-electron chi connectivity index (χ4n) is 1.76. The van der Waals surface area contributed by atoms with Crippen LogP contribution in [-0.2, 0) is 12.6 Å². The molecule has 1 aromatic heterocycles. The van der Waals surface area contributed by atoms with Crippen LogP contribution in [0.4, 0.5) is 0 Å². The molecule has 0 bridgehead atoms. The molecular formula is C10H19N3O. The molecule has 0 aromatic carbocycles. The van der Waals surface area contributed by atoms with Crippen molar-refractivity contribution in [2.45, 2.75) is 39.7 Å². The molecule has 1 aromatic rings. The first-order chi connectivity index (χ1) is 6.33. The Morgan fingerprint density at radius 3 is 2.29 bits per heavy atom. The quantitative estimate of drug-likeness (QED) is 0.781. The van der Waals surface area contributed by atoms with Crippen molar-refractivity contribution in [2.75, 3.05) is 0 Å². The minimum atomic E-state index is -0.870. The third-order valence-corrected chi connectivity index (χ3v) is 2.89. The van der Waals surface area contributed by atoms with Crippen LogP contribution in [0.15, 0.2) is 6.20 Å². The summed E-state index contributed by atoms with van der Waals surface area (Å²) in [7, 11) is 1.80. The van der Waals surface area contributed by atoms with Crippen molar-refractivity contribution in [3.8, 4) is 0 Å². The summed E-state index contributed by atoms with van der Waals surface area (Å²) in [6.45, 7) is 8.02. The van der Waals surface area contributed by atoms with Crippen molar-refractivity contribution in [1.29, 1.82) is 0 Å². The summed E-state index contributed by atoms with van der Waals surface area (Å²) in [5.41, 5.74) is -0.324. The number of aromatic nitrogens is 3. The van der Waals surface area contributed by atoms with Crippen LogP contribution in [0, 0.1) is 5.41 Å². The highest BCUT2D eigenvalue weighted by molar-refractivity contribution is 5.11. The lowest BCUT2D eigenvalue weighted by Gasteiger charge is -2.39. The van der Waals surface area contributed by atoms with Gasteiger partial charge in [0.2, 0.25) is 0 Å². The Hall–Kier alpha value is -0.900. The Kier molecular flexibility index (Phi) is 2.67. The second-order valence-electron chi connectivity index (χ2n) is 4.71. The lowest BCUT2D eigenvalue weighted by molar-refractivity contribution is -0.0737. The van der Waals surface area contributed by atoms with Gasteiger partial charge in [-0.05, 0) is 11.8 Å². The Morgan fingerprint density at radius 1 is 1.43 bits per heavy atom. The summed E-state index contributed by atoms with van der Waals surface area (Å²) in [6.07, 6.45) is 2.28. The molecule has 4 heteroatoms. The van der Waals surface area contributed by atoms with E-state index in [1.165, 1.54) is 0 Å². The Bertz CT molecular complexity index is 313. The van der Waals surface area contributed by atoms with Crippen LogP contribution in [0.5, 0.6) is 0 Å². The van der Waals surface area contributed by atoms with Crippen molar-refractivity contribution >= 4 is 0 Å². The monoisotopic (exact) mass is 197 g/mol. The van der Waals surface area contributed by atoms with Gasteiger partial charge in [0, 0.05) is 7.05 Å². The second kappa shape index (κ2) is 3.35. The van der Waals surface area contributed by atoms with E-state index in [0.29, 0.717) is 6.42 Å². The molecule has 80 valence electrons. The van der Waals surface area contributed by atoms with E-state index in [4.69, 9.17) is 0 Å². The number of hydrogen-bond donors (Lipinski definition) is 1. The minimum Gasteiger partial charge on any atom is -0.383 e. The highest BCUT2D eigenvalue weighted by atomic mass is 16.3. The second-order valence-corrected chi connectivity index (χ2v) is 4.71. The van der Waals surface area contributed by atoms with Gasteiger partial charge in [0.1, 0.15) is 5.60 Å². The average molecular weight is 197 g/mol. The standard InChI is InChI=1S/C10H19N3O/c1-6-10(14,9(2,3)4)8-7-11-12-13(8)5/h7,14H,6H2,1-5H3. The third-order valence-electron chi connectivity index (χ3n) is 2.89. The Labute approximate surface area is 84.9 Å². The van der Waals surface area contributed by atoms with Gasteiger partial charge in [-0.3, -0.25) is 0 Å². The fourth-order valence-corrected chi connectivity index (χ4v) is 1.76. The number of hydrogen-bond acceptors (Lipinski definition) is 3. The smallest absolute Gasteiger partial charge is 0.112 e. The summed E-state index contributed by atoms with van der Waals surface area (Å²) < 4.78 is 1.63. The molecule has 1 N–H and O–H groups in total. The highest BCUT2D eigenvalue weighted by Crippen LogP contribution is 2.41. The van der Waals surface area contributed by atoms with Gasteiger partial charge in [-0.1, -0.05) is 32.9 Å². The van der Waals surface area contributed by atoms with E-state index in [2.05, 4.69) is 10.3 Å². The summed E-state index contributed by atoms with van der Waals surface area (Å²) in [6, 6.07) is 0. The molecule has 1 atom stereocenters. The summed E-state index contributed by atoms with van der Waals surface area (Å²) >= 11 is 0. The fraction of sp³-hybridized carbons (Fsp3) is 0.800. The first-order valence-electron chi connectivity index (χ1n) is 4.90. The van der Waals surface area contributed by atoms with Gasteiger partial charge in [0.25, 0.3) is 0 Å². The maximum absolute atomic E-state index is 10.6. The first-order valence-corrected chi connectivity index (χ1v) is 4.90. The summed E-state index contributed by atoms with van der Waals surface area (Å²) in [4.78, 5) is 0. The number of aliphatic hydroxyl groups is 1. The van der Waals surface area contributed by atoms with Gasteiger partial charge in [-0.25, -0.2) is 4.68 Å². The molecule has 0 aliphatic heterocycles. The third kappa shape index (κ3) is 1.54. The van der Waals surface area contributed by atoms with E-state index in [1.54, 1.807) is 17.9 Å². The van der Waals surface area contributed by atoms with E-state index < -0.39 is 5.60 Å². The zero-order valence-electron chi connectivity index (χ0n) is 9.57. The number of aryl methyl sites for hydroxylation is 1. The lowest BCUT2D eigenvalue weighted by Crippen LogP contribution is -2.41. The van der Waals surface area contributed by atoms with Crippen LogP contribution in [0.1, 0.15) is 39.8 Å². The molecule has 0 amide bonds. The molecule has 0 fully saturated rings. The van der Waals surface area contributed by atoms with Crippen molar-refractivity contribution in [2.24, 2.45) is 12.5 Å². The molecule has 1 unspecified atom stereocenters. The van der Waals surface area contributed by atoms with Gasteiger partial charge in [0.15, 0.2) is 0 Å². The Morgan fingerprint density at radius 2 is 2.00 bits per heavy atom. The highest BCUT2D eigenvalue weighted by Gasteiger charge is 2.42. The van der Waals surface area contributed by atoms with Gasteiger partial charge >= 0.3 is 0 Å². The van der Waals surface area contributed by atoms with E-state index in [0.717, 1.165) is 5.69 Å². The summed E-state index contributed by atoms with van der Waals surface area (Å²) in [5, 5.41) is 18.2. The first kappa shape index (κ1) is 11.2. The SMILES string of the molecule is CCC(O)(c1cnnn1C)C(C)(C)C. The van der Waals surface area contributed by atoms with E-state index in [1.807, 2.05) is 27.7 Å². The largest absolute Gasteiger partial charge is 0.383 e. The molecule has 0 saturated heterocycles. The van der Waals surface area contributed by atoms with Gasteiger partial charge in [-0.2, -0.15) is 0 Å². The van der Waals surface area contributed by atoms with E-state index in [-0.39, 0.29) is 5.41 Å². The Balaban J connectivity index is 3.22. The molecular weight excluding hydrogens is 178 g/mol. The van der Waals surface area contributed by atoms with Crippen LogP contribution < -0.4 is 0 Å². The minimum absolute atomic E-state index is 0.225. The van der Waals surface area contributed by atoms with Crippen LogP contribution in [-0.4, -0.2) is 20.1 Å². The molecule has 0 saturated carbocycles. The molecule has 1 heterocycles. The predicted octanol–water partition coefficient (Wildman–Crippen LogP) is 1.46. The van der Waals surface area contributed by atoms with Gasteiger partial charge in [-0.15, -0.1) is 5.10 Å². The van der Waals surface area contributed by atoms with Crippen molar-refractivity contribution in [1.82, 2.24) is 15.0 Å². The van der Waals surface area contributed by atoms with Crippen LogP contribution >= 0.6 is 0 Å². The maximum Gasteiger partial charge on any atom is 0.112 e. The van der Waals surface area contributed by atoms with Crippen molar-refractivity contribution in [3.63, 3.8) is 0 Å². The topological polar surface area (TPSA) is 50.9 Å². The zero-order valence-corrected chi connectivity index (χ0v) is 9.57. The molecule has 14 heavy (non-hydrogen) atoms. The van der Waals surface area contributed by atoms with Crippen molar-refractivity contribution < 1.29 is 5.11 Å². The molecule has 0 aliphatic carbocycles. The van der Waals surface area contributed by atoms with Crippen LogP contribution in [0.2, 0.25) is 0 Å². The summed E-state index contributed by atoms with van der Waals surface area (Å²) in [5.74, 6) is 0. The zero-order chi connectivity index (χ0) is 11.0. The van der Waals surface area contributed by atoms with Crippen LogP contribution in [0.25, 0.3) is 0 Å². The molecule has 4 nitrogen and oxygen atoms in total.